The van der Waals surface area contributed by atoms with Crippen LogP contribution in [-0.4, -0.2) is 39.4 Å². The lowest BCUT2D eigenvalue weighted by molar-refractivity contribution is 0.0686. The summed E-state index contributed by atoms with van der Waals surface area (Å²) < 4.78 is 0. The molecule has 2 fully saturated rings. The van der Waals surface area contributed by atoms with E-state index in [4.69, 9.17) is 0 Å². The predicted octanol–water partition coefficient (Wildman–Crippen LogP) is 2.01. The quantitative estimate of drug-likeness (QED) is 0.837. The number of pyridine rings is 1. The Morgan fingerprint density at radius 2 is 1.96 bits per heavy atom. The van der Waals surface area contributed by atoms with Gasteiger partial charge in [-0.05, 0) is 37.1 Å². The van der Waals surface area contributed by atoms with Crippen LogP contribution in [0.25, 0.3) is 0 Å². The highest BCUT2D eigenvalue weighted by Gasteiger charge is 2.60. The molecule has 2 N–H and O–H groups in total. The lowest BCUT2D eigenvalue weighted by Gasteiger charge is -2.43. The molecule has 1 aromatic carbocycles. The standard InChI is InChI=1S/C19H18N4O2/c24-17-13-5-1-2-6-14(13)21-19(22-17)11-12-8-9-16(19)23(12)18(25)15-7-3-4-10-20-15/h1-7,10,12,16,21H,8-9,11H2,(H,22,24). The van der Waals surface area contributed by atoms with Gasteiger partial charge in [0.15, 0.2) is 0 Å². The van der Waals surface area contributed by atoms with Crippen molar-refractivity contribution in [1.82, 2.24) is 15.2 Å². The molecule has 0 aliphatic carbocycles. The van der Waals surface area contributed by atoms with Gasteiger partial charge in [-0.25, -0.2) is 0 Å². The monoisotopic (exact) mass is 334 g/mol. The van der Waals surface area contributed by atoms with Crippen LogP contribution in [0.3, 0.4) is 0 Å². The number of amides is 2. The van der Waals surface area contributed by atoms with E-state index < -0.39 is 5.66 Å². The molecule has 3 atom stereocenters. The number of hydrogen-bond donors (Lipinski definition) is 2. The van der Waals surface area contributed by atoms with E-state index in [9.17, 15) is 9.59 Å². The van der Waals surface area contributed by atoms with E-state index in [0.717, 1.165) is 24.9 Å². The number of carbonyl (C=O) groups is 2. The summed E-state index contributed by atoms with van der Waals surface area (Å²) in [5.74, 6) is -0.132. The van der Waals surface area contributed by atoms with Crippen LogP contribution >= 0.6 is 0 Å². The summed E-state index contributed by atoms with van der Waals surface area (Å²) >= 11 is 0. The van der Waals surface area contributed by atoms with Crippen molar-refractivity contribution in [3.8, 4) is 0 Å². The number of nitrogens with zero attached hydrogens (tertiary/aromatic N) is 2. The molecule has 1 spiro atoms. The zero-order chi connectivity index (χ0) is 17.0. The number of carbonyl (C=O) groups excluding carboxylic acids is 2. The Bertz CT molecular complexity index is 869. The highest BCUT2D eigenvalue weighted by molar-refractivity contribution is 6.02. The van der Waals surface area contributed by atoms with Crippen molar-refractivity contribution in [1.29, 1.82) is 0 Å². The lowest BCUT2D eigenvalue weighted by Crippen LogP contribution is -2.64. The molecular weight excluding hydrogens is 316 g/mol. The summed E-state index contributed by atoms with van der Waals surface area (Å²) in [6.07, 6.45) is 4.19. The van der Waals surface area contributed by atoms with Crippen LogP contribution in [0.4, 0.5) is 5.69 Å². The smallest absolute Gasteiger partial charge is 0.273 e. The van der Waals surface area contributed by atoms with E-state index in [1.54, 1.807) is 18.3 Å². The summed E-state index contributed by atoms with van der Waals surface area (Å²) in [6, 6.07) is 12.9. The maximum Gasteiger partial charge on any atom is 0.273 e. The van der Waals surface area contributed by atoms with E-state index in [2.05, 4.69) is 15.6 Å². The number of aromatic nitrogens is 1. The van der Waals surface area contributed by atoms with Crippen LogP contribution < -0.4 is 10.6 Å². The molecule has 2 saturated heterocycles. The Hall–Kier alpha value is -2.89. The molecule has 3 aliphatic heterocycles. The average Bonchev–Trinajstić information content (AvgIpc) is 3.17. The molecule has 126 valence electrons. The number of anilines is 1. The van der Waals surface area contributed by atoms with Gasteiger partial charge in [0.1, 0.15) is 11.4 Å². The molecule has 2 aromatic rings. The van der Waals surface area contributed by atoms with Gasteiger partial charge >= 0.3 is 0 Å². The number of nitrogens with one attached hydrogen (secondary N) is 2. The number of para-hydroxylation sites is 1. The van der Waals surface area contributed by atoms with Crippen molar-refractivity contribution in [2.24, 2.45) is 0 Å². The van der Waals surface area contributed by atoms with Crippen molar-refractivity contribution < 1.29 is 9.59 Å². The largest absolute Gasteiger partial charge is 0.360 e. The van der Waals surface area contributed by atoms with Gasteiger partial charge in [0.25, 0.3) is 11.8 Å². The van der Waals surface area contributed by atoms with Crippen LogP contribution in [-0.2, 0) is 0 Å². The first-order chi connectivity index (χ1) is 12.2. The summed E-state index contributed by atoms with van der Waals surface area (Å²) in [4.78, 5) is 31.7. The van der Waals surface area contributed by atoms with E-state index in [0.29, 0.717) is 11.3 Å². The second-order valence-corrected chi connectivity index (χ2v) is 6.97. The topological polar surface area (TPSA) is 74.3 Å². The highest BCUT2D eigenvalue weighted by atomic mass is 16.2. The lowest BCUT2D eigenvalue weighted by atomic mass is 9.86. The normalized spacial score (nSPS) is 29.3. The van der Waals surface area contributed by atoms with E-state index >= 15 is 0 Å². The Kier molecular flexibility index (Phi) is 2.92. The molecule has 0 saturated carbocycles. The fraction of sp³-hybridized carbons (Fsp3) is 0.316. The minimum absolute atomic E-state index is 0.0557. The molecule has 3 aliphatic rings. The third-order valence-corrected chi connectivity index (χ3v) is 5.61. The number of rotatable bonds is 1. The number of hydrogen-bond acceptors (Lipinski definition) is 4. The van der Waals surface area contributed by atoms with Crippen molar-refractivity contribution in [2.45, 2.75) is 37.0 Å². The van der Waals surface area contributed by atoms with Gasteiger partial charge in [0, 0.05) is 24.3 Å². The van der Waals surface area contributed by atoms with Crippen molar-refractivity contribution in [3.63, 3.8) is 0 Å². The van der Waals surface area contributed by atoms with Crippen LogP contribution in [0.5, 0.6) is 0 Å². The third-order valence-electron chi connectivity index (χ3n) is 5.61. The second-order valence-electron chi connectivity index (χ2n) is 6.97. The molecule has 25 heavy (non-hydrogen) atoms. The van der Waals surface area contributed by atoms with Gasteiger partial charge in [0.05, 0.1) is 11.6 Å². The molecule has 0 radical (unpaired) electrons. The maximum atomic E-state index is 13.0. The third kappa shape index (κ3) is 2.00. The zero-order valence-electron chi connectivity index (χ0n) is 13.6. The predicted molar refractivity (Wildman–Crippen MR) is 92.1 cm³/mol. The fourth-order valence-electron chi connectivity index (χ4n) is 4.60. The second kappa shape index (κ2) is 5.05. The van der Waals surface area contributed by atoms with Crippen molar-refractivity contribution >= 4 is 17.5 Å². The minimum Gasteiger partial charge on any atom is -0.360 e. The molecule has 4 heterocycles. The first-order valence-corrected chi connectivity index (χ1v) is 8.61. The Balaban J connectivity index is 1.50. The Morgan fingerprint density at radius 1 is 1.12 bits per heavy atom. The number of fused-ring (bicyclic) bond motifs is 4. The van der Waals surface area contributed by atoms with Crippen LogP contribution in [0.2, 0.25) is 0 Å². The van der Waals surface area contributed by atoms with Gasteiger partial charge in [-0.2, -0.15) is 0 Å². The fourth-order valence-corrected chi connectivity index (χ4v) is 4.60. The molecule has 2 bridgehead atoms. The zero-order valence-corrected chi connectivity index (χ0v) is 13.6. The summed E-state index contributed by atoms with van der Waals surface area (Å²) in [5.41, 5.74) is 1.36. The molecular formula is C19H18N4O2. The number of benzene rings is 1. The van der Waals surface area contributed by atoms with Crippen LogP contribution in [0.1, 0.15) is 40.1 Å². The first kappa shape index (κ1) is 14.5. The molecule has 3 unspecified atom stereocenters. The van der Waals surface area contributed by atoms with Gasteiger partial charge in [0.2, 0.25) is 0 Å². The van der Waals surface area contributed by atoms with Crippen molar-refractivity contribution in [2.75, 3.05) is 5.32 Å². The van der Waals surface area contributed by atoms with E-state index in [-0.39, 0.29) is 23.9 Å². The maximum absolute atomic E-state index is 13.0. The molecule has 6 heteroatoms. The first-order valence-electron chi connectivity index (χ1n) is 8.61. The van der Waals surface area contributed by atoms with Crippen molar-refractivity contribution in [3.05, 3.63) is 59.9 Å². The summed E-state index contributed by atoms with van der Waals surface area (Å²) in [5, 5.41) is 6.68. The molecule has 1 aromatic heterocycles. The van der Waals surface area contributed by atoms with Crippen LogP contribution in [0, 0.1) is 0 Å². The van der Waals surface area contributed by atoms with Gasteiger partial charge in [-0.15, -0.1) is 0 Å². The summed E-state index contributed by atoms with van der Waals surface area (Å²) in [7, 11) is 0. The van der Waals surface area contributed by atoms with Gasteiger partial charge in [-0.3, -0.25) is 14.6 Å². The Morgan fingerprint density at radius 3 is 2.80 bits per heavy atom. The SMILES string of the molecule is O=C1NC2(CC3CCC2N3C(=O)c2ccccn2)Nc2ccccc21. The Labute approximate surface area is 145 Å². The minimum atomic E-state index is -0.585. The van der Waals surface area contributed by atoms with E-state index in [1.807, 2.05) is 35.2 Å². The van der Waals surface area contributed by atoms with Gasteiger partial charge in [-0.1, -0.05) is 18.2 Å². The van der Waals surface area contributed by atoms with Crippen LogP contribution in [0.15, 0.2) is 48.7 Å². The average molecular weight is 334 g/mol. The van der Waals surface area contributed by atoms with Gasteiger partial charge < -0.3 is 15.5 Å². The molecule has 2 amide bonds. The van der Waals surface area contributed by atoms with E-state index in [1.165, 1.54) is 0 Å². The molecule has 5 rings (SSSR count). The highest BCUT2D eigenvalue weighted by Crippen LogP contribution is 2.46. The molecule has 6 nitrogen and oxygen atoms in total. The summed E-state index contributed by atoms with van der Waals surface area (Å²) in [6.45, 7) is 0.